The van der Waals surface area contributed by atoms with Gasteiger partial charge in [0.25, 0.3) is 0 Å². The average Bonchev–Trinajstić information content (AvgIpc) is 2.39. The maximum Gasteiger partial charge on any atom is 0.105 e. The minimum atomic E-state index is -0.976. The second kappa shape index (κ2) is 7.68. The third-order valence-electron chi connectivity index (χ3n) is 2.58. The maximum atomic E-state index is 9.89. The molecule has 0 heterocycles. The number of azide groups is 1. The molecule has 2 N–H and O–H groups in total. The summed E-state index contributed by atoms with van der Waals surface area (Å²) in [7, 11) is 1.61. The van der Waals surface area contributed by atoms with Gasteiger partial charge in [0.1, 0.15) is 6.10 Å². The number of aliphatic hydroxyl groups is 2. The smallest absolute Gasteiger partial charge is 0.105 e. The molecule has 0 amide bonds. The molecular formula is C12H17N3O3. The molecule has 0 saturated heterocycles. The monoisotopic (exact) mass is 251 g/mol. The molecule has 0 aliphatic rings. The van der Waals surface area contributed by atoms with Crippen molar-refractivity contribution in [2.75, 3.05) is 13.7 Å². The zero-order chi connectivity index (χ0) is 13.4. The van der Waals surface area contributed by atoms with E-state index >= 15 is 0 Å². The summed E-state index contributed by atoms with van der Waals surface area (Å²) in [6, 6.07) is 7.16. The number of rotatable bonds is 7. The highest BCUT2D eigenvalue weighted by atomic mass is 16.5. The van der Waals surface area contributed by atoms with Crippen molar-refractivity contribution in [1.82, 2.24) is 0 Å². The van der Waals surface area contributed by atoms with Crippen LogP contribution in [0.2, 0.25) is 0 Å². The number of benzene rings is 1. The topological polar surface area (TPSA) is 98.5 Å². The third-order valence-corrected chi connectivity index (χ3v) is 2.58. The number of nitrogens with zero attached hydrogens (tertiary/aromatic N) is 3. The van der Waals surface area contributed by atoms with E-state index in [1.165, 1.54) is 0 Å². The maximum absolute atomic E-state index is 9.89. The highest BCUT2D eigenvalue weighted by molar-refractivity contribution is 5.24. The van der Waals surface area contributed by atoms with Crippen molar-refractivity contribution in [3.05, 3.63) is 45.8 Å². The highest BCUT2D eigenvalue weighted by Crippen LogP contribution is 2.19. The largest absolute Gasteiger partial charge is 0.390 e. The van der Waals surface area contributed by atoms with E-state index in [2.05, 4.69) is 10.0 Å². The van der Waals surface area contributed by atoms with Gasteiger partial charge in [-0.25, -0.2) is 0 Å². The van der Waals surface area contributed by atoms with Gasteiger partial charge in [0.05, 0.1) is 12.7 Å². The van der Waals surface area contributed by atoms with Crippen LogP contribution in [-0.4, -0.2) is 30.0 Å². The molecule has 1 aromatic rings. The Morgan fingerprint density at radius 2 is 2.00 bits per heavy atom. The van der Waals surface area contributed by atoms with Crippen molar-refractivity contribution in [3.63, 3.8) is 0 Å². The molecule has 0 aromatic heterocycles. The summed E-state index contributed by atoms with van der Waals surface area (Å²) in [5.41, 5.74) is 9.74. The van der Waals surface area contributed by atoms with E-state index in [4.69, 9.17) is 10.3 Å². The molecule has 1 aromatic carbocycles. The van der Waals surface area contributed by atoms with Crippen molar-refractivity contribution in [2.24, 2.45) is 5.11 Å². The Labute approximate surface area is 105 Å². The normalized spacial score (nSPS) is 13.7. The van der Waals surface area contributed by atoms with Gasteiger partial charge in [-0.15, -0.1) is 0 Å². The molecule has 0 spiro atoms. The minimum Gasteiger partial charge on any atom is -0.390 e. The van der Waals surface area contributed by atoms with Crippen LogP contribution in [0, 0.1) is 0 Å². The molecule has 0 fully saturated rings. The Morgan fingerprint density at radius 1 is 1.33 bits per heavy atom. The van der Waals surface area contributed by atoms with Gasteiger partial charge >= 0.3 is 0 Å². The molecule has 2 unspecified atom stereocenters. The van der Waals surface area contributed by atoms with E-state index in [1.54, 1.807) is 19.2 Å². The summed E-state index contributed by atoms with van der Waals surface area (Å²) < 4.78 is 4.98. The zero-order valence-corrected chi connectivity index (χ0v) is 10.2. The molecule has 1 rings (SSSR count). The number of methoxy groups -OCH3 is 1. The van der Waals surface area contributed by atoms with Gasteiger partial charge in [0.2, 0.25) is 0 Å². The van der Waals surface area contributed by atoms with E-state index in [-0.39, 0.29) is 13.0 Å². The lowest BCUT2D eigenvalue weighted by Gasteiger charge is -2.17. The van der Waals surface area contributed by atoms with Crippen LogP contribution >= 0.6 is 0 Å². The molecular weight excluding hydrogens is 234 g/mol. The van der Waals surface area contributed by atoms with Crippen molar-refractivity contribution < 1.29 is 14.9 Å². The summed E-state index contributed by atoms with van der Waals surface area (Å²) in [6.45, 7) is 0.673. The fourth-order valence-corrected chi connectivity index (χ4v) is 1.59. The van der Waals surface area contributed by atoms with Gasteiger partial charge < -0.3 is 14.9 Å². The Balaban J connectivity index is 2.59. The van der Waals surface area contributed by atoms with Crippen LogP contribution in [0.1, 0.15) is 23.7 Å². The second-order valence-corrected chi connectivity index (χ2v) is 3.93. The average molecular weight is 251 g/mol. The number of hydrogen-bond donors (Lipinski definition) is 2. The van der Waals surface area contributed by atoms with E-state index in [9.17, 15) is 10.2 Å². The summed E-state index contributed by atoms with van der Waals surface area (Å²) >= 11 is 0. The molecule has 0 radical (unpaired) electrons. The Bertz CT molecular complexity index is 402. The predicted molar refractivity (Wildman–Crippen MR) is 66.8 cm³/mol. The Kier molecular flexibility index (Phi) is 6.18. The summed E-state index contributed by atoms with van der Waals surface area (Å²) in [6.07, 6.45) is -1.69. The highest BCUT2D eigenvalue weighted by Gasteiger charge is 2.17. The first-order chi connectivity index (χ1) is 8.69. The third kappa shape index (κ3) is 4.35. The van der Waals surface area contributed by atoms with Crippen LogP contribution in [0.3, 0.4) is 0 Å². The van der Waals surface area contributed by atoms with Crippen molar-refractivity contribution in [2.45, 2.75) is 25.2 Å². The van der Waals surface area contributed by atoms with Gasteiger partial charge in [0, 0.05) is 18.6 Å². The minimum absolute atomic E-state index is 0.163. The standard InChI is InChI=1S/C12H17N3O3/c1-18-8-9-2-4-10(5-3-9)12(17)11(16)6-7-14-15-13/h2-5,11-12,16-17H,6-8H2,1H3. The lowest BCUT2D eigenvalue weighted by atomic mass is 10.0. The van der Waals surface area contributed by atoms with Crippen molar-refractivity contribution in [3.8, 4) is 0 Å². The van der Waals surface area contributed by atoms with Crippen LogP contribution in [0.5, 0.6) is 0 Å². The second-order valence-electron chi connectivity index (χ2n) is 3.93. The zero-order valence-electron chi connectivity index (χ0n) is 10.2. The fourth-order valence-electron chi connectivity index (χ4n) is 1.59. The molecule has 6 nitrogen and oxygen atoms in total. The Hall–Kier alpha value is -1.59. The first-order valence-electron chi connectivity index (χ1n) is 5.63. The molecule has 0 aliphatic carbocycles. The van der Waals surface area contributed by atoms with Crippen LogP contribution in [0.15, 0.2) is 29.4 Å². The van der Waals surface area contributed by atoms with E-state index in [1.807, 2.05) is 12.1 Å². The van der Waals surface area contributed by atoms with Gasteiger partial charge in [-0.1, -0.05) is 29.4 Å². The van der Waals surface area contributed by atoms with Crippen molar-refractivity contribution >= 4 is 0 Å². The molecule has 6 heteroatoms. The van der Waals surface area contributed by atoms with Crippen LogP contribution in [-0.2, 0) is 11.3 Å². The molecule has 0 bridgehead atoms. The van der Waals surface area contributed by atoms with E-state index in [0.717, 1.165) is 5.56 Å². The first-order valence-corrected chi connectivity index (χ1v) is 5.63. The van der Waals surface area contributed by atoms with Crippen LogP contribution < -0.4 is 0 Å². The van der Waals surface area contributed by atoms with Gasteiger partial charge in [-0.2, -0.15) is 0 Å². The number of ether oxygens (including phenoxy) is 1. The number of aliphatic hydroxyl groups excluding tert-OH is 2. The quantitative estimate of drug-likeness (QED) is 0.440. The van der Waals surface area contributed by atoms with Crippen molar-refractivity contribution in [1.29, 1.82) is 0 Å². The molecule has 0 aliphatic heterocycles. The Morgan fingerprint density at radius 3 is 2.56 bits per heavy atom. The predicted octanol–water partition coefficient (Wildman–Crippen LogP) is 1.93. The SMILES string of the molecule is COCc1ccc(C(O)C(O)CCN=[N+]=[N-])cc1. The molecule has 2 atom stereocenters. The summed E-state index contributed by atoms with van der Waals surface area (Å²) in [5.74, 6) is 0. The van der Waals surface area contributed by atoms with Gasteiger partial charge in [0.15, 0.2) is 0 Å². The summed E-state index contributed by atoms with van der Waals surface area (Å²) in [4.78, 5) is 2.59. The first kappa shape index (κ1) is 14.5. The molecule has 18 heavy (non-hydrogen) atoms. The summed E-state index contributed by atoms with van der Waals surface area (Å²) in [5, 5.41) is 22.9. The van der Waals surface area contributed by atoms with E-state index < -0.39 is 12.2 Å². The van der Waals surface area contributed by atoms with Crippen LogP contribution in [0.4, 0.5) is 0 Å². The van der Waals surface area contributed by atoms with Gasteiger partial charge in [-0.3, -0.25) is 0 Å². The number of hydrogen-bond acceptors (Lipinski definition) is 4. The van der Waals surface area contributed by atoms with E-state index in [0.29, 0.717) is 12.2 Å². The lowest BCUT2D eigenvalue weighted by molar-refractivity contribution is 0.0150. The van der Waals surface area contributed by atoms with Gasteiger partial charge in [-0.05, 0) is 23.1 Å². The van der Waals surface area contributed by atoms with Crippen LogP contribution in [0.25, 0.3) is 10.4 Å². The molecule has 0 saturated carbocycles. The molecule has 98 valence electrons. The fraction of sp³-hybridized carbons (Fsp3) is 0.500. The lowest BCUT2D eigenvalue weighted by Crippen LogP contribution is -2.19.